The molecule has 156 valence electrons. The van der Waals surface area contributed by atoms with E-state index in [1.807, 2.05) is 66.7 Å². The SMILES string of the molecule is N#Cc1nc(-c2ccccc2)sc1Oc1cc(C=C=O)ccc1-c1ccc(CCN)cc1. The lowest BCUT2D eigenvalue weighted by Crippen LogP contribution is -2.02. The molecule has 2 N–H and O–H groups in total. The Hall–Kier alpha value is -4.01. The molecule has 0 aliphatic rings. The van der Waals surface area contributed by atoms with E-state index in [2.05, 4.69) is 11.1 Å². The molecule has 0 amide bonds. The van der Waals surface area contributed by atoms with Gasteiger partial charge in [0.25, 0.3) is 0 Å². The average molecular weight is 438 g/mol. The third kappa shape index (κ3) is 4.66. The Kier molecular flexibility index (Phi) is 6.54. The van der Waals surface area contributed by atoms with Crippen LogP contribution in [-0.2, 0) is 11.2 Å². The topological polar surface area (TPSA) is 89.0 Å². The fraction of sp³-hybridized carbons (Fsp3) is 0.0769. The minimum atomic E-state index is 0.217. The van der Waals surface area contributed by atoms with Gasteiger partial charge in [-0.2, -0.15) is 5.26 Å². The van der Waals surface area contributed by atoms with E-state index in [0.717, 1.165) is 28.7 Å². The van der Waals surface area contributed by atoms with Crippen molar-refractivity contribution in [2.24, 2.45) is 5.73 Å². The van der Waals surface area contributed by atoms with E-state index in [0.29, 0.717) is 27.9 Å². The number of hydrogen-bond donors (Lipinski definition) is 1. The lowest BCUT2D eigenvalue weighted by Gasteiger charge is -2.12. The summed E-state index contributed by atoms with van der Waals surface area (Å²) in [6.45, 7) is 0.590. The average Bonchev–Trinajstić information content (AvgIpc) is 3.24. The molecular weight excluding hydrogens is 418 g/mol. The summed E-state index contributed by atoms with van der Waals surface area (Å²) >= 11 is 1.31. The molecule has 0 atom stereocenters. The molecule has 5 nitrogen and oxygen atoms in total. The summed E-state index contributed by atoms with van der Waals surface area (Å²) in [7, 11) is 0. The van der Waals surface area contributed by atoms with E-state index in [1.54, 1.807) is 12.0 Å². The maximum atomic E-state index is 10.9. The second kappa shape index (κ2) is 9.86. The summed E-state index contributed by atoms with van der Waals surface area (Å²) in [5, 5.41) is 10.7. The lowest BCUT2D eigenvalue weighted by atomic mass is 10.0. The van der Waals surface area contributed by atoms with Crippen molar-refractivity contribution in [3.63, 3.8) is 0 Å². The van der Waals surface area contributed by atoms with Crippen LogP contribution in [0.3, 0.4) is 0 Å². The first kappa shape index (κ1) is 21.2. The molecule has 0 unspecified atom stereocenters. The van der Waals surface area contributed by atoms with Crippen molar-refractivity contribution in [1.29, 1.82) is 5.26 Å². The minimum absolute atomic E-state index is 0.217. The molecule has 0 radical (unpaired) electrons. The summed E-state index contributed by atoms with van der Waals surface area (Å²) in [6.07, 6.45) is 2.15. The number of nitrogens with two attached hydrogens (primary N) is 1. The largest absolute Gasteiger partial charge is 0.443 e. The summed E-state index contributed by atoms with van der Waals surface area (Å²) < 4.78 is 6.22. The minimum Gasteiger partial charge on any atom is -0.443 e. The van der Waals surface area contributed by atoms with Gasteiger partial charge in [-0.05, 0) is 35.7 Å². The molecule has 0 saturated carbocycles. The van der Waals surface area contributed by atoms with Gasteiger partial charge in [0.1, 0.15) is 22.8 Å². The van der Waals surface area contributed by atoms with Crippen molar-refractivity contribution in [1.82, 2.24) is 4.98 Å². The zero-order chi connectivity index (χ0) is 22.3. The molecule has 0 aliphatic heterocycles. The first-order chi connectivity index (χ1) is 15.7. The third-order valence-electron chi connectivity index (χ3n) is 4.85. The number of hydrogen-bond acceptors (Lipinski definition) is 6. The smallest absolute Gasteiger partial charge is 0.219 e. The molecule has 1 aromatic heterocycles. The Morgan fingerprint density at radius 1 is 1.03 bits per heavy atom. The molecule has 1 heterocycles. The van der Waals surface area contributed by atoms with Crippen molar-refractivity contribution in [2.75, 3.05) is 6.54 Å². The molecule has 4 aromatic rings. The predicted molar refractivity (Wildman–Crippen MR) is 127 cm³/mol. The molecule has 3 aromatic carbocycles. The number of aromatic nitrogens is 1. The van der Waals surface area contributed by atoms with Crippen LogP contribution in [0.1, 0.15) is 16.8 Å². The number of thiazole rings is 1. The van der Waals surface area contributed by atoms with Crippen LogP contribution in [0.15, 0.2) is 72.8 Å². The summed E-state index contributed by atoms with van der Waals surface area (Å²) in [6, 6.07) is 25.3. The Morgan fingerprint density at radius 2 is 1.81 bits per heavy atom. The highest BCUT2D eigenvalue weighted by molar-refractivity contribution is 7.17. The van der Waals surface area contributed by atoms with Gasteiger partial charge in [0, 0.05) is 17.2 Å². The van der Waals surface area contributed by atoms with Crippen molar-refractivity contribution in [3.05, 3.63) is 89.6 Å². The molecule has 0 saturated heterocycles. The normalized spacial score (nSPS) is 10.2. The Bertz CT molecular complexity index is 1320. The van der Waals surface area contributed by atoms with E-state index in [-0.39, 0.29) is 5.69 Å². The third-order valence-corrected chi connectivity index (χ3v) is 5.84. The van der Waals surface area contributed by atoms with Crippen LogP contribution >= 0.6 is 11.3 Å². The van der Waals surface area contributed by atoms with E-state index >= 15 is 0 Å². The highest BCUT2D eigenvalue weighted by Crippen LogP contribution is 2.40. The molecule has 6 heteroatoms. The van der Waals surface area contributed by atoms with Crippen LogP contribution in [0.25, 0.3) is 27.8 Å². The van der Waals surface area contributed by atoms with Crippen molar-refractivity contribution < 1.29 is 9.53 Å². The summed E-state index contributed by atoms with van der Waals surface area (Å²) in [5.74, 6) is 2.33. The van der Waals surface area contributed by atoms with Crippen LogP contribution in [0, 0.1) is 11.3 Å². The highest BCUT2D eigenvalue weighted by Gasteiger charge is 2.17. The Morgan fingerprint density at radius 3 is 2.50 bits per heavy atom. The quantitative estimate of drug-likeness (QED) is 0.386. The monoisotopic (exact) mass is 437 g/mol. The van der Waals surface area contributed by atoms with Gasteiger partial charge in [-0.1, -0.05) is 78.1 Å². The maximum Gasteiger partial charge on any atom is 0.219 e. The molecule has 0 aliphatic carbocycles. The molecule has 0 spiro atoms. The fourth-order valence-electron chi connectivity index (χ4n) is 3.29. The number of ether oxygens (including phenoxy) is 1. The second-order valence-corrected chi connectivity index (χ2v) is 7.95. The number of nitriles is 1. The Balaban J connectivity index is 1.76. The van der Waals surface area contributed by atoms with Gasteiger partial charge in [0.05, 0.1) is 0 Å². The predicted octanol–water partition coefficient (Wildman–Crippen LogP) is 5.49. The molecular formula is C26H19N3O2S. The lowest BCUT2D eigenvalue weighted by molar-refractivity contribution is 0.495. The summed E-state index contributed by atoms with van der Waals surface area (Å²) in [4.78, 5) is 15.3. The first-order valence-corrected chi connectivity index (χ1v) is 10.8. The van der Waals surface area contributed by atoms with Crippen LogP contribution < -0.4 is 10.5 Å². The molecule has 0 bridgehead atoms. The van der Waals surface area contributed by atoms with Gasteiger partial charge in [-0.25, -0.2) is 9.78 Å². The highest BCUT2D eigenvalue weighted by atomic mass is 32.1. The van der Waals surface area contributed by atoms with E-state index in [4.69, 9.17) is 10.5 Å². The zero-order valence-electron chi connectivity index (χ0n) is 17.1. The van der Waals surface area contributed by atoms with Crippen molar-refractivity contribution in [3.8, 4) is 38.6 Å². The van der Waals surface area contributed by atoms with Gasteiger partial charge in [-0.3, -0.25) is 0 Å². The number of benzene rings is 3. The second-order valence-electron chi connectivity index (χ2n) is 6.99. The van der Waals surface area contributed by atoms with Crippen LogP contribution in [0.5, 0.6) is 10.8 Å². The Labute approximate surface area is 190 Å². The van der Waals surface area contributed by atoms with Gasteiger partial charge < -0.3 is 10.5 Å². The van der Waals surface area contributed by atoms with Gasteiger partial charge in [-0.15, -0.1) is 0 Å². The van der Waals surface area contributed by atoms with Gasteiger partial charge in [0.2, 0.25) is 5.06 Å². The van der Waals surface area contributed by atoms with Crippen LogP contribution in [-0.4, -0.2) is 17.5 Å². The first-order valence-electron chi connectivity index (χ1n) is 10.0. The number of rotatable bonds is 7. The van der Waals surface area contributed by atoms with E-state index in [1.165, 1.54) is 17.4 Å². The van der Waals surface area contributed by atoms with Gasteiger partial charge in [0.15, 0.2) is 5.69 Å². The molecule has 32 heavy (non-hydrogen) atoms. The molecule has 4 rings (SSSR count). The number of nitrogens with zero attached hydrogens (tertiary/aromatic N) is 2. The van der Waals surface area contributed by atoms with Crippen LogP contribution in [0.2, 0.25) is 0 Å². The van der Waals surface area contributed by atoms with Gasteiger partial charge >= 0.3 is 0 Å². The number of carbonyl (C=O) groups excluding carboxylic acids is 1. The fourth-order valence-corrected chi connectivity index (χ4v) is 4.17. The maximum absolute atomic E-state index is 10.9. The molecule has 0 fully saturated rings. The van der Waals surface area contributed by atoms with Crippen molar-refractivity contribution >= 4 is 23.4 Å². The zero-order valence-corrected chi connectivity index (χ0v) is 17.9. The standard InChI is InChI=1S/C26H19N3O2S/c27-14-12-18-6-9-20(10-7-18)22-11-8-19(13-15-30)16-24(22)31-26-23(17-28)29-25(32-26)21-4-2-1-3-5-21/h1-11,13,16H,12,14,27H2. The van der Waals surface area contributed by atoms with Crippen LogP contribution in [0.4, 0.5) is 0 Å². The van der Waals surface area contributed by atoms with E-state index in [9.17, 15) is 10.1 Å². The summed E-state index contributed by atoms with van der Waals surface area (Å²) in [5.41, 5.74) is 10.4. The van der Waals surface area contributed by atoms with E-state index < -0.39 is 0 Å². The van der Waals surface area contributed by atoms with Crippen molar-refractivity contribution in [2.45, 2.75) is 6.42 Å².